The Labute approximate surface area is 104 Å². The number of amides is 1. The molecule has 1 aromatic heterocycles. The number of rotatable bonds is 3. The van der Waals surface area contributed by atoms with Gasteiger partial charge < -0.3 is 16.0 Å². The van der Waals surface area contributed by atoms with Crippen LogP contribution in [0.15, 0.2) is 18.2 Å². The summed E-state index contributed by atoms with van der Waals surface area (Å²) in [5, 5.41) is 3.47. The summed E-state index contributed by atoms with van der Waals surface area (Å²) in [5.74, 6) is -0.519. The highest BCUT2D eigenvalue weighted by Gasteiger charge is 2.16. The van der Waals surface area contributed by atoms with Crippen LogP contribution < -0.4 is 11.1 Å². The van der Waals surface area contributed by atoms with Crippen LogP contribution in [-0.4, -0.2) is 23.5 Å². The van der Waals surface area contributed by atoms with Crippen LogP contribution in [-0.2, 0) is 0 Å². The third kappa shape index (κ3) is 2.36. The fraction of sp³-hybridized carbons (Fsp3) is 0.308. The number of carbonyl (C=O) groups is 1. The van der Waals surface area contributed by atoms with Crippen molar-refractivity contribution >= 4 is 16.8 Å². The van der Waals surface area contributed by atoms with E-state index in [2.05, 4.69) is 10.3 Å². The van der Waals surface area contributed by atoms with Crippen molar-refractivity contribution in [3.8, 4) is 0 Å². The van der Waals surface area contributed by atoms with E-state index in [1.165, 1.54) is 12.1 Å². The van der Waals surface area contributed by atoms with Crippen molar-refractivity contribution in [3.05, 3.63) is 35.3 Å². The summed E-state index contributed by atoms with van der Waals surface area (Å²) in [7, 11) is 0. The van der Waals surface area contributed by atoms with Gasteiger partial charge in [-0.2, -0.15) is 0 Å². The molecule has 0 bridgehead atoms. The number of benzene rings is 1. The first-order chi connectivity index (χ1) is 8.49. The number of hydrogen-bond acceptors (Lipinski definition) is 2. The van der Waals surface area contributed by atoms with Crippen molar-refractivity contribution in [1.29, 1.82) is 0 Å². The van der Waals surface area contributed by atoms with Gasteiger partial charge in [0.25, 0.3) is 5.91 Å². The minimum absolute atomic E-state index is 0.100. The predicted molar refractivity (Wildman–Crippen MR) is 69.0 cm³/mol. The van der Waals surface area contributed by atoms with Crippen molar-refractivity contribution in [2.45, 2.75) is 19.9 Å². The maximum atomic E-state index is 13.1. The van der Waals surface area contributed by atoms with Crippen LogP contribution in [0.25, 0.3) is 10.9 Å². The lowest BCUT2D eigenvalue weighted by Crippen LogP contribution is -2.35. The molecule has 0 spiro atoms. The molecule has 0 radical (unpaired) electrons. The van der Waals surface area contributed by atoms with Gasteiger partial charge in [-0.25, -0.2) is 4.39 Å². The number of aromatic amines is 1. The Balaban J connectivity index is 2.38. The largest absolute Gasteiger partial charge is 0.358 e. The first-order valence-electron chi connectivity index (χ1n) is 5.80. The summed E-state index contributed by atoms with van der Waals surface area (Å²) in [6.45, 7) is 4.02. The summed E-state index contributed by atoms with van der Waals surface area (Å²) in [6, 6.07) is 4.23. The van der Waals surface area contributed by atoms with Gasteiger partial charge in [-0.05, 0) is 32.0 Å². The minimum Gasteiger partial charge on any atom is -0.358 e. The summed E-state index contributed by atoms with van der Waals surface area (Å²) in [4.78, 5) is 15.1. The van der Waals surface area contributed by atoms with Crippen LogP contribution in [0.1, 0.15) is 23.0 Å². The number of nitrogens with two attached hydrogens (primary N) is 1. The molecule has 1 amide bonds. The monoisotopic (exact) mass is 249 g/mol. The third-order valence-corrected chi connectivity index (χ3v) is 2.76. The highest BCUT2D eigenvalue weighted by molar-refractivity contribution is 6.08. The SMILES string of the molecule is Cc1[nH]c2cc(F)ccc2c1C(=O)NCC(C)N. The Hall–Kier alpha value is -1.88. The van der Waals surface area contributed by atoms with Gasteiger partial charge in [0.05, 0.1) is 5.56 Å². The Morgan fingerprint density at radius 3 is 2.94 bits per heavy atom. The molecule has 4 N–H and O–H groups in total. The zero-order valence-corrected chi connectivity index (χ0v) is 10.4. The van der Waals surface area contributed by atoms with E-state index in [9.17, 15) is 9.18 Å². The number of H-pyrrole nitrogens is 1. The zero-order chi connectivity index (χ0) is 13.3. The molecule has 2 rings (SSSR count). The van der Waals surface area contributed by atoms with Crippen molar-refractivity contribution in [1.82, 2.24) is 10.3 Å². The second-order valence-corrected chi connectivity index (χ2v) is 4.50. The van der Waals surface area contributed by atoms with Gasteiger partial charge in [0.2, 0.25) is 0 Å². The molecule has 0 fully saturated rings. The Morgan fingerprint density at radius 2 is 2.28 bits per heavy atom. The lowest BCUT2D eigenvalue weighted by Gasteiger charge is -2.07. The topological polar surface area (TPSA) is 70.9 Å². The van der Waals surface area contributed by atoms with Gasteiger partial charge in [0, 0.05) is 29.2 Å². The van der Waals surface area contributed by atoms with Crippen LogP contribution in [0.4, 0.5) is 4.39 Å². The maximum absolute atomic E-state index is 13.1. The standard InChI is InChI=1S/C13H16FN3O/c1-7(15)6-16-13(18)12-8(2)17-11-5-9(14)3-4-10(11)12/h3-5,7,17H,6,15H2,1-2H3,(H,16,18). The highest BCUT2D eigenvalue weighted by atomic mass is 19.1. The summed E-state index contributed by atoms with van der Waals surface area (Å²) in [5.41, 5.74) is 7.48. The molecule has 1 atom stereocenters. The molecule has 4 nitrogen and oxygen atoms in total. The van der Waals surface area contributed by atoms with E-state index >= 15 is 0 Å². The normalized spacial score (nSPS) is 12.7. The number of aryl methyl sites for hydroxylation is 1. The smallest absolute Gasteiger partial charge is 0.253 e. The van der Waals surface area contributed by atoms with Gasteiger partial charge in [-0.3, -0.25) is 4.79 Å². The Morgan fingerprint density at radius 1 is 1.56 bits per heavy atom. The lowest BCUT2D eigenvalue weighted by atomic mass is 10.1. The number of nitrogens with one attached hydrogen (secondary N) is 2. The Kier molecular flexibility index (Phi) is 3.34. The number of hydrogen-bond donors (Lipinski definition) is 3. The molecule has 0 aliphatic carbocycles. The molecule has 96 valence electrons. The fourth-order valence-corrected chi connectivity index (χ4v) is 1.94. The molecule has 2 aromatic rings. The molecule has 0 saturated heterocycles. The summed E-state index contributed by atoms with van der Waals surface area (Å²) >= 11 is 0. The van der Waals surface area contributed by atoms with E-state index in [4.69, 9.17) is 5.73 Å². The quantitative estimate of drug-likeness (QED) is 0.774. The molecule has 1 heterocycles. The first kappa shape index (κ1) is 12.6. The molecule has 18 heavy (non-hydrogen) atoms. The van der Waals surface area contributed by atoms with Gasteiger partial charge in [0.15, 0.2) is 0 Å². The van der Waals surface area contributed by atoms with Gasteiger partial charge in [-0.1, -0.05) is 0 Å². The molecule has 5 heteroatoms. The maximum Gasteiger partial charge on any atom is 0.253 e. The van der Waals surface area contributed by atoms with E-state index in [0.29, 0.717) is 17.6 Å². The third-order valence-electron chi connectivity index (χ3n) is 2.76. The number of fused-ring (bicyclic) bond motifs is 1. The molecular weight excluding hydrogens is 233 g/mol. The van der Waals surface area contributed by atoms with Crippen LogP contribution in [0.2, 0.25) is 0 Å². The van der Waals surface area contributed by atoms with Gasteiger partial charge >= 0.3 is 0 Å². The van der Waals surface area contributed by atoms with Crippen molar-refractivity contribution < 1.29 is 9.18 Å². The molecule has 1 unspecified atom stereocenters. The van der Waals surface area contributed by atoms with Gasteiger partial charge in [0.1, 0.15) is 5.82 Å². The predicted octanol–water partition coefficient (Wildman–Crippen LogP) is 1.69. The average molecular weight is 249 g/mol. The van der Waals surface area contributed by atoms with Crippen LogP contribution in [0, 0.1) is 12.7 Å². The molecular formula is C13H16FN3O. The summed E-state index contributed by atoms with van der Waals surface area (Å²) in [6.07, 6.45) is 0. The van der Waals surface area contributed by atoms with Crippen LogP contribution in [0.5, 0.6) is 0 Å². The second kappa shape index (κ2) is 4.78. The van der Waals surface area contributed by atoms with E-state index in [0.717, 1.165) is 11.1 Å². The fourth-order valence-electron chi connectivity index (χ4n) is 1.94. The van der Waals surface area contributed by atoms with E-state index < -0.39 is 0 Å². The van der Waals surface area contributed by atoms with Crippen molar-refractivity contribution in [2.75, 3.05) is 6.54 Å². The van der Waals surface area contributed by atoms with Crippen molar-refractivity contribution in [2.24, 2.45) is 5.73 Å². The average Bonchev–Trinajstić information content (AvgIpc) is 2.61. The minimum atomic E-state index is -0.328. The molecule has 0 aliphatic rings. The summed E-state index contributed by atoms with van der Waals surface area (Å²) < 4.78 is 13.1. The second-order valence-electron chi connectivity index (χ2n) is 4.50. The van der Waals surface area contributed by atoms with E-state index in [-0.39, 0.29) is 17.8 Å². The van der Waals surface area contributed by atoms with E-state index in [1.807, 2.05) is 6.92 Å². The Bertz CT molecular complexity index is 589. The van der Waals surface area contributed by atoms with Crippen LogP contribution >= 0.6 is 0 Å². The van der Waals surface area contributed by atoms with Crippen LogP contribution in [0.3, 0.4) is 0 Å². The highest BCUT2D eigenvalue weighted by Crippen LogP contribution is 2.22. The van der Waals surface area contributed by atoms with E-state index in [1.54, 1.807) is 13.0 Å². The van der Waals surface area contributed by atoms with Crippen molar-refractivity contribution in [3.63, 3.8) is 0 Å². The molecule has 0 saturated carbocycles. The zero-order valence-electron chi connectivity index (χ0n) is 10.4. The van der Waals surface area contributed by atoms with Gasteiger partial charge in [-0.15, -0.1) is 0 Å². The first-order valence-corrected chi connectivity index (χ1v) is 5.80. The number of aromatic nitrogens is 1. The molecule has 1 aromatic carbocycles. The number of halogens is 1. The lowest BCUT2D eigenvalue weighted by molar-refractivity contribution is 0.0953. The molecule has 0 aliphatic heterocycles. The number of carbonyl (C=O) groups excluding carboxylic acids is 1.